The van der Waals surface area contributed by atoms with E-state index in [4.69, 9.17) is 9.47 Å². The average Bonchev–Trinajstić information content (AvgIpc) is 2.51. The minimum Gasteiger partial charge on any atom is -0.444 e. The van der Waals surface area contributed by atoms with Gasteiger partial charge >= 0.3 is 12.2 Å². The summed E-state index contributed by atoms with van der Waals surface area (Å²) < 4.78 is 10.6. The van der Waals surface area contributed by atoms with E-state index in [-0.39, 0.29) is 5.96 Å². The molecule has 1 rings (SSSR count). The van der Waals surface area contributed by atoms with Crippen LogP contribution in [0.1, 0.15) is 60.5 Å². The molecule has 0 fully saturated rings. The van der Waals surface area contributed by atoms with Gasteiger partial charge in [-0.2, -0.15) is 0 Å². The largest absolute Gasteiger partial charge is 0.444 e. The first-order valence-corrected chi connectivity index (χ1v) is 9.50. The Kier molecular flexibility index (Phi) is 8.47. The lowest BCUT2D eigenvalue weighted by atomic mass is 10.2. The topological polar surface area (TPSA) is 80.2 Å². The van der Waals surface area contributed by atoms with Gasteiger partial charge in [-0.3, -0.25) is 5.32 Å². The van der Waals surface area contributed by atoms with Crippen LogP contribution >= 0.6 is 0 Å². The third-order valence-corrected chi connectivity index (χ3v) is 3.21. The summed E-state index contributed by atoms with van der Waals surface area (Å²) in [5.74, 6) is 0.106. The van der Waals surface area contributed by atoms with Crippen LogP contribution in [0.15, 0.2) is 35.3 Å². The van der Waals surface area contributed by atoms with Crippen molar-refractivity contribution in [1.82, 2.24) is 10.2 Å². The summed E-state index contributed by atoms with van der Waals surface area (Å²) in [5.41, 5.74) is -0.332. The van der Waals surface area contributed by atoms with Crippen LogP contribution in [0, 0.1) is 0 Å². The lowest BCUT2D eigenvalue weighted by molar-refractivity contribution is 0.0554. The highest BCUT2D eigenvalue weighted by Gasteiger charge is 2.23. The second-order valence-corrected chi connectivity index (χ2v) is 8.45. The molecule has 28 heavy (non-hydrogen) atoms. The van der Waals surface area contributed by atoms with E-state index in [1.807, 2.05) is 42.2 Å². The van der Waals surface area contributed by atoms with Gasteiger partial charge in [0.15, 0.2) is 0 Å². The number of hydrogen-bond acceptors (Lipinski definition) is 4. The molecule has 0 heterocycles. The van der Waals surface area contributed by atoms with Crippen molar-refractivity contribution < 1.29 is 19.1 Å². The smallest absolute Gasteiger partial charge is 0.437 e. The molecule has 0 atom stereocenters. The van der Waals surface area contributed by atoms with Gasteiger partial charge in [0, 0.05) is 13.1 Å². The molecule has 1 aromatic carbocycles. The number of alkyl carbamates (subject to hydrolysis) is 1. The summed E-state index contributed by atoms with van der Waals surface area (Å²) in [6.45, 7) is 13.7. The molecule has 0 aliphatic heterocycles. The average molecular weight is 392 g/mol. The second kappa shape index (κ2) is 10.1. The minimum absolute atomic E-state index is 0.106. The zero-order chi connectivity index (χ0) is 21.4. The normalized spacial score (nSPS) is 12.3. The molecule has 0 aliphatic rings. The Morgan fingerprint density at radius 2 is 1.57 bits per heavy atom. The monoisotopic (exact) mass is 391 g/mol. The minimum atomic E-state index is -0.771. The van der Waals surface area contributed by atoms with Gasteiger partial charge in [-0.25, -0.2) is 9.59 Å². The molecule has 0 aliphatic carbocycles. The van der Waals surface area contributed by atoms with E-state index in [0.29, 0.717) is 13.1 Å². The summed E-state index contributed by atoms with van der Waals surface area (Å²) in [6.07, 6.45) is -0.646. The summed E-state index contributed by atoms with van der Waals surface area (Å²) in [7, 11) is 0. The molecule has 1 aromatic rings. The van der Waals surface area contributed by atoms with Crippen molar-refractivity contribution in [2.45, 2.75) is 72.6 Å². The maximum Gasteiger partial charge on any atom is 0.437 e. The third-order valence-electron chi connectivity index (χ3n) is 3.21. The van der Waals surface area contributed by atoms with Gasteiger partial charge < -0.3 is 14.4 Å². The quantitative estimate of drug-likeness (QED) is 0.594. The number of nitrogens with zero attached hydrogens (tertiary/aromatic N) is 2. The molecule has 1 N–H and O–H groups in total. The van der Waals surface area contributed by atoms with Gasteiger partial charge in [0.25, 0.3) is 0 Å². The highest BCUT2D eigenvalue weighted by molar-refractivity contribution is 5.98. The maximum absolute atomic E-state index is 12.3. The van der Waals surface area contributed by atoms with Gasteiger partial charge in [0.1, 0.15) is 11.2 Å². The lowest BCUT2D eigenvalue weighted by Crippen LogP contribution is -2.46. The molecule has 0 saturated heterocycles. The Bertz CT molecular complexity index is 673. The molecule has 7 nitrogen and oxygen atoms in total. The molecular formula is C21H33N3O4. The Labute approximate surface area is 168 Å². The van der Waals surface area contributed by atoms with E-state index in [2.05, 4.69) is 10.3 Å². The van der Waals surface area contributed by atoms with Crippen LogP contribution < -0.4 is 5.32 Å². The first-order valence-electron chi connectivity index (χ1n) is 9.50. The summed E-state index contributed by atoms with van der Waals surface area (Å²) in [5, 5.41) is 2.61. The molecule has 2 amide bonds. The lowest BCUT2D eigenvalue weighted by Gasteiger charge is -2.27. The number of nitrogens with one attached hydrogen (secondary N) is 1. The van der Waals surface area contributed by atoms with Crippen LogP contribution in [-0.4, -0.2) is 40.8 Å². The predicted molar refractivity (Wildman–Crippen MR) is 110 cm³/mol. The second-order valence-electron chi connectivity index (χ2n) is 8.45. The Morgan fingerprint density at radius 3 is 2.07 bits per heavy atom. The zero-order valence-corrected chi connectivity index (χ0v) is 18.0. The highest BCUT2D eigenvalue weighted by Crippen LogP contribution is 2.11. The van der Waals surface area contributed by atoms with Crippen molar-refractivity contribution in [2.24, 2.45) is 4.99 Å². The van der Waals surface area contributed by atoms with Crippen LogP contribution in [-0.2, 0) is 16.0 Å². The summed E-state index contributed by atoms with van der Waals surface area (Å²) >= 11 is 0. The SMILES string of the molecule is CCCN(Cc1ccccc1)/C(=N\C(=O)OC(C)(C)C)NC(=O)OC(C)(C)C. The molecular weight excluding hydrogens is 358 g/mol. The first kappa shape index (κ1) is 23.5. The molecule has 0 unspecified atom stereocenters. The number of carbonyl (C=O) groups excluding carboxylic acids is 2. The van der Waals surface area contributed by atoms with E-state index >= 15 is 0 Å². The van der Waals surface area contributed by atoms with Gasteiger partial charge in [-0.05, 0) is 53.5 Å². The standard InChI is InChI=1S/C21H33N3O4/c1-8-14-24(15-16-12-10-9-11-13-16)17(22-18(25)27-20(2,3)4)23-19(26)28-21(5,6)7/h9-13H,8,14-15H2,1-7H3,(H,22,23,25,26). The van der Waals surface area contributed by atoms with Crippen LogP contribution in [0.3, 0.4) is 0 Å². The Morgan fingerprint density at radius 1 is 1.00 bits per heavy atom. The number of aliphatic imine (C=N–C) groups is 1. The van der Waals surface area contributed by atoms with Crippen LogP contribution in [0.4, 0.5) is 9.59 Å². The van der Waals surface area contributed by atoms with Gasteiger partial charge in [0.05, 0.1) is 0 Å². The van der Waals surface area contributed by atoms with E-state index in [1.54, 1.807) is 41.5 Å². The van der Waals surface area contributed by atoms with Crippen LogP contribution in [0.25, 0.3) is 0 Å². The van der Waals surface area contributed by atoms with Crippen molar-refractivity contribution in [3.63, 3.8) is 0 Å². The van der Waals surface area contributed by atoms with Gasteiger partial charge in [0.2, 0.25) is 5.96 Å². The predicted octanol–water partition coefficient (Wildman–Crippen LogP) is 4.71. The highest BCUT2D eigenvalue weighted by atomic mass is 16.6. The van der Waals surface area contributed by atoms with Crippen molar-refractivity contribution >= 4 is 18.1 Å². The first-order chi connectivity index (χ1) is 12.9. The summed E-state index contributed by atoms with van der Waals surface area (Å²) in [6, 6.07) is 9.75. The number of carbonyl (C=O) groups is 2. The van der Waals surface area contributed by atoms with Gasteiger partial charge in [-0.15, -0.1) is 4.99 Å². The Balaban J connectivity index is 3.12. The van der Waals surface area contributed by atoms with E-state index in [9.17, 15) is 9.59 Å². The maximum atomic E-state index is 12.3. The number of guanidine groups is 1. The molecule has 0 aromatic heterocycles. The van der Waals surface area contributed by atoms with E-state index < -0.39 is 23.4 Å². The Hall–Kier alpha value is -2.57. The van der Waals surface area contributed by atoms with Crippen molar-refractivity contribution in [3.8, 4) is 0 Å². The molecule has 156 valence electrons. The molecule has 0 bridgehead atoms. The molecule has 0 radical (unpaired) electrons. The third kappa shape index (κ3) is 9.94. The number of ether oxygens (including phenoxy) is 2. The van der Waals surface area contributed by atoms with E-state index in [1.165, 1.54) is 0 Å². The number of rotatable bonds is 4. The fourth-order valence-electron chi connectivity index (χ4n) is 2.28. The van der Waals surface area contributed by atoms with Gasteiger partial charge in [-0.1, -0.05) is 37.3 Å². The fraction of sp³-hybridized carbons (Fsp3) is 0.571. The molecule has 0 spiro atoms. The van der Waals surface area contributed by atoms with Crippen molar-refractivity contribution in [2.75, 3.05) is 6.54 Å². The molecule has 0 saturated carbocycles. The van der Waals surface area contributed by atoms with Crippen LogP contribution in [0.5, 0.6) is 0 Å². The van der Waals surface area contributed by atoms with Crippen molar-refractivity contribution in [3.05, 3.63) is 35.9 Å². The van der Waals surface area contributed by atoms with Crippen LogP contribution in [0.2, 0.25) is 0 Å². The van der Waals surface area contributed by atoms with Crippen molar-refractivity contribution in [1.29, 1.82) is 0 Å². The van der Waals surface area contributed by atoms with E-state index in [0.717, 1.165) is 12.0 Å². The zero-order valence-electron chi connectivity index (χ0n) is 18.0. The molecule has 7 heteroatoms. The number of benzene rings is 1. The summed E-state index contributed by atoms with van der Waals surface area (Å²) in [4.78, 5) is 30.4. The fourth-order valence-corrected chi connectivity index (χ4v) is 2.28. The number of amides is 2. The number of hydrogen-bond donors (Lipinski definition) is 1.